The zero-order chi connectivity index (χ0) is 7.40. The summed E-state index contributed by atoms with van der Waals surface area (Å²) in [5.41, 5.74) is 0. The van der Waals surface area contributed by atoms with Gasteiger partial charge in [-0.05, 0) is 44.8 Å². The van der Waals surface area contributed by atoms with E-state index in [2.05, 4.69) is 4.90 Å². The van der Waals surface area contributed by atoms with Crippen LogP contribution in [0.2, 0.25) is 0 Å². The lowest BCUT2D eigenvalue weighted by Crippen LogP contribution is -2.41. The molecule has 3 fully saturated rings. The van der Waals surface area contributed by atoms with Gasteiger partial charge in [0.05, 0.1) is 0 Å². The number of fused-ring (bicyclic) bond motifs is 3. The highest BCUT2D eigenvalue weighted by Crippen LogP contribution is 2.26. The van der Waals surface area contributed by atoms with Gasteiger partial charge in [0.15, 0.2) is 0 Å². The number of nitrogens with zero attached hydrogens (tertiary/aromatic N) is 1. The van der Waals surface area contributed by atoms with Crippen molar-refractivity contribution in [1.82, 2.24) is 4.90 Å². The minimum Gasteiger partial charge on any atom is -0.303 e. The molecule has 0 N–H and O–H groups in total. The van der Waals surface area contributed by atoms with Crippen LogP contribution in [0.1, 0.15) is 40.5 Å². The highest BCUT2D eigenvalue weighted by molar-refractivity contribution is 4.78. The van der Waals surface area contributed by atoms with Gasteiger partial charge >= 0.3 is 0 Å². The van der Waals surface area contributed by atoms with E-state index in [-0.39, 0.29) is 7.43 Å². The molecule has 0 aliphatic carbocycles. The van der Waals surface area contributed by atoms with Crippen molar-refractivity contribution in [1.29, 1.82) is 0 Å². The molecular weight excluding hydrogens is 134 g/mol. The first-order valence-electron chi connectivity index (χ1n) is 4.67. The van der Waals surface area contributed by atoms with Crippen LogP contribution in [0.15, 0.2) is 0 Å². The Morgan fingerprint density at radius 3 is 1.36 bits per heavy atom. The van der Waals surface area contributed by atoms with E-state index in [1.54, 1.807) is 0 Å². The predicted octanol–water partition coefficient (Wildman–Crippen LogP) is 2.76. The van der Waals surface area contributed by atoms with E-state index in [1.807, 2.05) is 13.8 Å². The van der Waals surface area contributed by atoms with E-state index < -0.39 is 0 Å². The molecular formula is C10H23N. The normalized spacial score (nSPS) is 33.3. The largest absolute Gasteiger partial charge is 0.303 e. The number of hydrogen-bond donors (Lipinski definition) is 0. The van der Waals surface area contributed by atoms with Gasteiger partial charge in [0.25, 0.3) is 0 Å². The standard InChI is InChI=1S/C7H13N.C2H6.CH4/c1-4-8-5-2-7(1)3-6-8;1-2;/h7H,1-6H2;1-2H3;1H4. The van der Waals surface area contributed by atoms with Crippen molar-refractivity contribution >= 4 is 0 Å². The maximum Gasteiger partial charge on any atom is -0.00161 e. The molecule has 3 aliphatic heterocycles. The Hall–Kier alpha value is -0.0400. The van der Waals surface area contributed by atoms with Crippen LogP contribution in [0.3, 0.4) is 0 Å². The Kier molecular flexibility index (Phi) is 5.57. The molecule has 0 unspecified atom stereocenters. The zero-order valence-electron chi connectivity index (χ0n) is 7.27. The third-order valence-electron chi connectivity index (χ3n) is 2.56. The first-order valence-corrected chi connectivity index (χ1v) is 4.67. The fourth-order valence-electron chi connectivity index (χ4n) is 1.86. The predicted molar refractivity (Wildman–Crippen MR) is 51.9 cm³/mol. The number of hydrogen-bond acceptors (Lipinski definition) is 1. The Morgan fingerprint density at radius 1 is 0.909 bits per heavy atom. The monoisotopic (exact) mass is 157 g/mol. The number of rotatable bonds is 0. The van der Waals surface area contributed by atoms with Gasteiger partial charge in [0.1, 0.15) is 0 Å². The molecule has 1 nitrogen and oxygen atoms in total. The second kappa shape index (κ2) is 5.59. The van der Waals surface area contributed by atoms with E-state index in [0.29, 0.717) is 0 Å². The van der Waals surface area contributed by atoms with Gasteiger partial charge in [0, 0.05) is 0 Å². The van der Waals surface area contributed by atoms with Crippen molar-refractivity contribution in [3.05, 3.63) is 0 Å². The smallest absolute Gasteiger partial charge is 0.00161 e. The van der Waals surface area contributed by atoms with Crippen LogP contribution in [0.25, 0.3) is 0 Å². The average Bonchev–Trinajstić information content (AvgIpc) is 2.11. The quantitative estimate of drug-likeness (QED) is 0.522. The molecule has 0 aromatic carbocycles. The van der Waals surface area contributed by atoms with Crippen LogP contribution in [0, 0.1) is 5.92 Å². The third-order valence-corrected chi connectivity index (χ3v) is 2.56. The Bertz CT molecular complexity index is 59.9. The Labute approximate surface area is 71.8 Å². The Balaban J connectivity index is 0.000000311. The molecule has 3 saturated heterocycles. The molecule has 0 aromatic rings. The van der Waals surface area contributed by atoms with E-state index >= 15 is 0 Å². The highest BCUT2D eigenvalue weighted by Gasteiger charge is 2.24. The van der Waals surface area contributed by atoms with E-state index in [4.69, 9.17) is 0 Å². The summed E-state index contributed by atoms with van der Waals surface area (Å²) >= 11 is 0. The molecule has 11 heavy (non-hydrogen) atoms. The second-order valence-electron chi connectivity index (χ2n) is 3.07. The van der Waals surface area contributed by atoms with Gasteiger partial charge in [-0.1, -0.05) is 21.3 Å². The molecule has 0 radical (unpaired) electrons. The molecule has 0 atom stereocenters. The van der Waals surface area contributed by atoms with Gasteiger partial charge in [0.2, 0.25) is 0 Å². The van der Waals surface area contributed by atoms with Crippen molar-refractivity contribution < 1.29 is 0 Å². The van der Waals surface area contributed by atoms with E-state index in [9.17, 15) is 0 Å². The number of piperidine rings is 3. The van der Waals surface area contributed by atoms with Crippen molar-refractivity contribution in [2.75, 3.05) is 19.6 Å². The lowest BCUT2D eigenvalue weighted by Gasteiger charge is -2.38. The van der Waals surface area contributed by atoms with Crippen LogP contribution in [0.5, 0.6) is 0 Å². The van der Waals surface area contributed by atoms with E-state index in [0.717, 1.165) is 5.92 Å². The van der Waals surface area contributed by atoms with Gasteiger partial charge in [-0.25, -0.2) is 0 Å². The molecule has 3 heterocycles. The minimum absolute atomic E-state index is 0. The topological polar surface area (TPSA) is 3.24 Å². The molecule has 0 aromatic heterocycles. The average molecular weight is 157 g/mol. The van der Waals surface area contributed by atoms with E-state index in [1.165, 1.54) is 38.9 Å². The SMILES string of the molecule is C.C1CN2CCC1CC2.CC. The summed E-state index contributed by atoms with van der Waals surface area (Å²) in [6, 6.07) is 0. The second-order valence-corrected chi connectivity index (χ2v) is 3.07. The summed E-state index contributed by atoms with van der Waals surface area (Å²) in [4.78, 5) is 2.58. The molecule has 3 aliphatic rings. The van der Waals surface area contributed by atoms with Crippen molar-refractivity contribution in [3.8, 4) is 0 Å². The van der Waals surface area contributed by atoms with Crippen molar-refractivity contribution in [3.63, 3.8) is 0 Å². The first-order chi connectivity index (χ1) is 4.95. The van der Waals surface area contributed by atoms with Gasteiger partial charge < -0.3 is 4.90 Å². The zero-order valence-corrected chi connectivity index (χ0v) is 7.27. The van der Waals surface area contributed by atoms with Crippen LogP contribution < -0.4 is 0 Å². The summed E-state index contributed by atoms with van der Waals surface area (Å²) in [6.07, 6.45) is 4.46. The van der Waals surface area contributed by atoms with Gasteiger partial charge in [-0.2, -0.15) is 0 Å². The van der Waals surface area contributed by atoms with Crippen LogP contribution in [-0.2, 0) is 0 Å². The molecule has 0 spiro atoms. The summed E-state index contributed by atoms with van der Waals surface area (Å²) in [5, 5.41) is 0. The summed E-state index contributed by atoms with van der Waals surface area (Å²) in [6.45, 7) is 8.18. The highest BCUT2D eigenvalue weighted by atomic mass is 15.1. The maximum absolute atomic E-state index is 2.58. The Morgan fingerprint density at radius 2 is 1.27 bits per heavy atom. The van der Waals surface area contributed by atoms with Crippen LogP contribution in [-0.4, -0.2) is 24.5 Å². The maximum atomic E-state index is 2.58. The molecule has 3 rings (SSSR count). The summed E-state index contributed by atoms with van der Waals surface area (Å²) < 4.78 is 0. The summed E-state index contributed by atoms with van der Waals surface area (Å²) in [5.74, 6) is 1.11. The van der Waals surface area contributed by atoms with Crippen LogP contribution in [0.4, 0.5) is 0 Å². The van der Waals surface area contributed by atoms with Crippen molar-refractivity contribution in [2.45, 2.75) is 40.5 Å². The fraction of sp³-hybridized carbons (Fsp3) is 1.00. The molecule has 2 bridgehead atoms. The first kappa shape index (κ1) is 11.0. The fourth-order valence-corrected chi connectivity index (χ4v) is 1.86. The lowest BCUT2D eigenvalue weighted by molar-refractivity contribution is 0.111. The summed E-state index contributed by atoms with van der Waals surface area (Å²) in [7, 11) is 0. The third kappa shape index (κ3) is 2.82. The molecule has 68 valence electrons. The minimum atomic E-state index is 0. The molecule has 0 saturated carbocycles. The van der Waals surface area contributed by atoms with Gasteiger partial charge in [-0.15, -0.1) is 0 Å². The van der Waals surface area contributed by atoms with Crippen molar-refractivity contribution in [2.24, 2.45) is 5.92 Å². The van der Waals surface area contributed by atoms with Gasteiger partial charge in [-0.3, -0.25) is 0 Å². The van der Waals surface area contributed by atoms with Crippen LogP contribution >= 0.6 is 0 Å². The molecule has 0 amide bonds. The lowest BCUT2D eigenvalue weighted by atomic mass is 9.89. The molecule has 1 heteroatoms.